The highest BCUT2D eigenvalue weighted by atomic mass is 19.4. The van der Waals surface area contributed by atoms with Gasteiger partial charge in [-0.25, -0.2) is 9.98 Å². The predicted octanol–water partition coefficient (Wildman–Crippen LogP) is 2.39. The molecule has 2 aliphatic heterocycles. The molecule has 4 nitrogen and oxygen atoms in total. The summed E-state index contributed by atoms with van der Waals surface area (Å²) in [5, 5.41) is 0. The summed E-state index contributed by atoms with van der Waals surface area (Å²) < 4.78 is 116. The van der Waals surface area contributed by atoms with Gasteiger partial charge in [0, 0.05) is 0 Å². The molecule has 0 bridgehead atoms. The first-order valence-corrected chi connectivity index (χ1v) is 5.83. The fourth-order valence-corrected chi connectivity index (χ4v) is 1.71. The first kappa shape index (κ1) is 16.7. The van der Waals surface area contributed by atoms with Gasteiger partial charge in [-0.3, -0.25) is 0 Å². The van der Waals surface area contributed by atoms with E-state index in [1.807, 2.05) is 0 Å². The van der Waals surface area contributed by atoms with Crippen LogP contribution in [0.15, 0.2) is 9.98 Å². The zero-order valence-corrected chi connectivity index (χ0v) is 10.6. The fraction of sp³-hybridized carbons (Fsp3) is 0.800. The van der Waals surface area contributed by atoms with E-state index >= 15 is 0 Å². The standard InChI is InChI=1S/C10H8F8N2O2/c11-7(12,5-19-1-3-21-5)9(15,16)10(17,18)8(13,14)6-20-2-4-22-6/h1-4H2. The molecule has 0 amide bonds. The monoisotopic (exact) mass is 340 g/mol. The largest absolute Gasteiger partial charge is 0.475 e. The number of ether oxygens (including phenoxy) is 2. The molecule has 2 rings (SSSR count). The fourth-order valence-electron chi connectivity index (χ4n) is 1.71. The van der Waals surface area contributed by atoms with Gasteiger partial charge in [0.2, 0.25) is 0 Å². The van der Waals surface area contributed by atoms with Gasteiger partial charge in [0.25, 0.3) is 11.8 Å². The van der Waals surface area contributed by atoms with Crippen LogP contribution in [0.4, 0.5) is 35.1 Å². The second kappa shape index (κ2) is 4.95. The number of aliphatic imine (C=N–C) groups is 2. The molecule has 2 aliphatic rings. The van der Waals surface area contributed by atoms with Gasteiger partial charge in [0.05, 0.1) is 13.1 Å². The molecule has 0 radical (unpaired) electrons. The second-order valence-electron chi connectivity index (χ2n) is 4.37. The maximum absolute atomic E-state index is 13.5. The van der Waals surface area contributed by atoms with Crippen molar-refractivity contribution in [3.05, 3.63) is 0 Å². The number of nitrogens with zero attached hydrogens (tertiary/aromatic N) is 2. The molecule has 0 aromatic carbocycles. The van der Waals surface area contributed by atoms with Gasteiger partial charge >= 0.3 is 23.7 Å². The number of hydrogen-bond donors (Lipinski definition) is 0. The Morgan fingerprint density at radius 1 is 0.636 bits per heavy atom. The van der Waals surface area contributed by atoms with Crippen LogP contribution >= 0.6 is 0 Å². The van der Waals surface area contributed by atoms with Crippen molar-refractivity contribution in [2.75, 3.05) is 26.3 Å². The van der Waals surface area contributed by atoms with E-state index in [9.17, 15) is 35.1 Å². The Kier molecular flexibility index (Phi) is 3.77. The average molecular weight is 340 g/mol. The maximum Gasteiger partial charge on any atom is 0.389 e. The second-order valence-corrected chi connectivity index (χ2v) is 4.37. The molecule has 0 fully saturated rings. The van der Waals surface area contributed by atoms with Crippen molar-refractivity contribution in [1.82, 2.24) is 0 Å². The van der Waals surface area contributed by atoms with E-state index in [4.69, 9.17) is 0 Å². The molecule has 22 heavy (non-hydrogen) atoms. The van der Waals surface area contributed by atoms with E-state index in [2.05, 4.69) is 19.5 Å². The molecule has 0 aromatic heterocycles. The van der Waals surface area contributed by atoms with Crippen LogP contribution in [-0.2, 0) is 9.47 Å². The van der Waals surface area contributed by atoms with Crippen LogP contribution in [0.3, 0.4) is 0 Å². The number of halogens is 8. The van der Waals surface area contributed by atoms with Crippen molar-refractivity contribution in [3.8, 4) is 0 Å². The highest BCUT2D eigenvalue weighted by Gasteiger charge is 2.84. The first-order valence-electron chi connectivity index (χ1n) is 5.83. The Morgan fingerprint density at radius 3 is 1.18 bits per heavy atom. The predicted molar refractivity (Wildman–Crippen MR) is 56.3 cm³/mol. The molecule has 0 unspecified atom stereocenters. The normalized spacial score (nSPS) is 20.4. The highest BCUT2D eigenvalue weighted by Crippen LogP contribution is 2.54. The third-order valence-electron chi connectivity index (χ3n) is 2.89. The third-order valence-corrected chi connectivity index (χ3v) is 2.89. The summed E-state index contributed by atoms with van der Waals surface area (Å²) in [6.07, 6.45) is 0. The summed E-state index contributed by atoms with van der Waals surface area (Å²) in [4.78, 5) is 5.58. The minimum atomic E-state index is -6.48. The minimum Gasteiger partial charge on any atom is -0.475 e. The first-order chi connectivity index (χ1) is 9.96. The quantitative estimate of drug-likeness (QED) is 0.722. The van der Waals surface area contributed by atoms with Gasteiger partial charge in [0.15, 0.2) is 0 Å². The Hall–Kier alpha value is -1.62. The van der Waals surface area contributed by atoms with Crippen molar-refractivity contribution in [2.24, 2.45) is 9.98 Å². The van der Waals surface area contributed by atoms with Crippen LogP contribution in [0, 0.1) is 0 Å². The summed E-state index contributed by atoms with van der Waals surface area (Å²) in [6, 6.07) is 0. The van der Waals surface area contributed by atoms with Crippen LogP contribution in [0.5, 0.6) is 0 Å². The van der Waals surface area contributed by atoms with Gasteiger partial charge < -0.3 is 9.47 Å². The van der Waals surface area contributed by atoms with Crippen LogP contribution in [-0.4, -0.2) is 61.8 Å². The van der Waals surface area contributed by atoms with Crippen LogP contribution < -0.4 is 0 Å². The van der Waals surface area contributed by atoms with Crippen LogP contribution in [0.25, 0.3) is 0 Å². The molecule has 0 atom stereocenters. The van der Waals surface area contributed by atoms with Gasteiger partial charge in [-0.2, -0.15) is 35.1 Å². The molecule has 12 heteroatoms. The van der Waals surface area contributed by atoms with E-state index in [1.165, 1.54) is 0 Å². The minimum absolute atomic E-state index is 0.473. The SMILES string of the molecule is FC(F)(C1=NCCO1)C(F)(F)C(F)(F)C(F)(F)C1=NCCO1. The maximum atomic E-state index is 13.5. The van der Waals surface area contributed by atoms with E-state index in [1.54, 1.807) is 0 Å². The van der Waals surface area contributed by atoms with Crippen LogP contribution in [0.2, 0.25) is 0 Å². The van der Waals surface area contributed by atoms with Crippen molar-refractivity contribution < 1.29 is 44.6 Å². The lowest BCUT2D eigenvalue weighted by Gasteiger charge is -2.35. The Balaban J connectivity index is 2.41. The zero-order chi connectivity index (χ0) is 16.8. The molecule has 0 aromatic rings. The molecular weight excluding hydrogens is 332 g/mol. The van der Waals surface area contributed by atoms with E-state index in [0.29, 0.717) is 0 Å². The van der Waals surface area contributed by atoms with Crippen molar-refractivity contribution in [3.63, 3.8) is 0 Å². The molecule has 0 saturated carbocycles. The van der Waals surface area contributed by atoms with Crippen molar-refractivity contribution in [1.29, 1.82) is 0 Å². The molecule has 0 spiro atoms. The highest BCUT2D eigenvalue weighted by molar-refractivity contribution is 5.88. The number of rotatable bonds is 5. The van der Waals surface area contributed by atoms with Gasteiger partial charge in [-0.1, -0.05) is 0 Å². The van der Waals surface area contributed by atoms with Crippen LogP contribution in [0.1, 0.15) is 0 Å². The zero-order valence-electron chi connectivity index (χ0n) is 10.6. The van der Waals surface area contributed by atoms with Gasteiger partial charge in [0.1, 0.15) is 13.2 Å². The topological polar surface area (TPSA) is 43.2 Å². The van der Waals surface area contributed by atoms with E-state index in [0.717, 1.165) is 0 Å². The molecule has 2 heterocycles. The lowest BCUT2D eigenvalue weighted by atomic mass is 9.98. The Labute approximate surface area is 117 Å². The summed E-state index contributed by atoms with van der Waals surface area (Å²) >= 11 is 0. The van der Waals surface area contributed by atoms with Crippen molar-refractivity contribution in [2.45, 2.75) is 23.7 Å². The Morgan fingerprint density at radius 2 is 0.955 bits per heavy atom. The summed E-state index contributed by atoms with van der Waals surface area (Å²) in [5.41, 5.74) is 0. The summed E-state index contributed by atoms with van der Waals surface area (Å²) in [7, 11) is 0. The molecule has 0 aliphatic carbocycles. The smallest absolute Gasteiger partial charge is 0.389 e. The van der Waals surface area contributed by atoms with Gasteiger partial charge in [-0.05, 0) is 0 Å². The summed E-state index contributed by atoms with van der Waals surface area (Å²) in [6.45, 7) is -2.03. The Bertz CT molecular complexity index is 471. The molecular formula is C10H8F8N2O2. The number of alkyl halides is 8. The molecule has 0 N–H and O–H groups in total. The lowest BCUT2D eigenvalue weighted by Crippen LogP contribution is -2.66. The third kappa shape index (κ3) is 2.10. The molecule has 0 saturated heterocycles. The number of hydrogen-bond acceptors (Lipinski definition) is 4. The molecule has 126 valence electrons. The van der Waals surface area contributed by atoms with E-state index in [-0.39, 0.29) is 0 Å². The average Bonchev–Trinajstić information content (AvgIpc) is 3.11. The lowest BCUT2D eigenvalue weighted by molar-refractivity contribution is -0.338. The van der Waals surface area contributed by atoms with E-state index < -0.39 is 61.8 Å². The van der Waals surface area contributed by atoms with Crippen molar-refractivity contribution >= 4 is 11.8 Å². The summed E-state index contributed by atoms with van der Waals surface area (Å²) in [5.74, 6) is -28.4. The van der Waals surface area contributed by atoms with Gasteiger partial charge in [-0.15, -0.1) is 0 Å².